The van der Waals surface area contributed by atoms with Crippen molar-refractivity contribution in [1.82, 2.24) is 15.3 Å². The third-order valence-electron chi connectivity index (χ3n) is 3.44. The van der Waals surface area contributed by atoms with E-state index in [0.29, 0.717) is 11.9 Å². The standard InChI is InChI=1S/C16H13F2N3O/c17-12-1-2-13(14(18)7-12)15(22)11-8-20-16(21-9-11)10-3-5-19-6-4-10/h1-3,7-9,19H,4-6H2. The summed E-state index contributed by atoms with van der Waals surface area (Å²) in [5, 5.41) is 3.19. The Bertz CT molecular complexity index is 742. The molecule has 1 aliphatic heterocycles. The van der Waals surface area contributed by atoms with Gasteiger partial charge in [0.2, 0.25) is 0 Å². The first-order chi connectivity index (χ1) is 10.6. The van der Waals surface area contributed by atoms with Gasteiger partial charge in [-0.25, -0.2) is 18.7 Å². The second-order valence-corrected chi connectivity index (χ2v) is 4.93. The number of hydrogen-bond donors (Lipinski definition) is 1. The molecule has 112 valence electrons. The number of ketones is 1. The monoisotopic (exact) mass is 301 g/mol. The highest BCUT2D eigenvalue weighted by Crippen LogP contribution is 2.17. The molecule has 0 spiro atoms. The number of carbonyl (C=O) groups excluding carboxylic acids is 1. The third-order valence-corrected chi connectivity index (χ3v) is 3.44. The minimum atomic E-state index is -0.893. The topological polar surface area (TPSA) is 54.9 Å². The summed E-state index contributed by atoms with van der Waals surface area (Å²) in [5.41, 5.74) is 0.994. The predicted octanol–water partition coefficient (Wildman–Crippen LogP) is 2.36. The number of hydrogen-bond acceptors (Lipinski definition) is 4. The van der Waals surface area contributed by atoms with E-state index < -0.39 is 17.4 Å². The maximum atomic E-state index is 13.6. The molecule has 3 rings (SSSR count). The molecule has 0 amide bonds. The van der Waals surface area contributed by atoms with E-state index in [-0.39, 0.29) is 11.1 Å². The van der Waals surface area contributed by atoms with Crippen LogP contribution in [0.5, 0.6) is 0 Å². The van der Waals surface area contributed by atoms with Gasteiger partial charge >= 0.3 is 0 Å². The van der Waals surface area contributed by atoms with Crippen LogP contribution in [0, 0.1) is 11.6 Å². The van der Waals surface area contributed by atoms with Gasteiger partial charge in [-0.1, -0.05) is 6.08 Å². The molecule has 0 saturated carbocycles. The van der Waals surface area contributed by atoms with Crippen molar-refractivity contribution < 1.29 is 13.6 Å². The fourth-order valence-electron chi connectivity index (χ4n) is 2.27. The van der Waals surface area contributed by atoms with E-state index in [1.807, 2.05) is 6.08 Å². The molecule has 0 fully saturated rings. The van der Waals surface area contributed by atoms with Crippen molar-refractivity contribution >= 4 is 11.4 Å². The van der Waals surface area contributed by atoms with Gasteiger partial charge in [0.25, 0.3) is 0 Å². The highest BCUT2D eigenvalue weighted by Gasteiger charge is 2.16. The summed E-state index contributed by atoms with van der Waals surface area (Å²) in [4.78, 5) is 20.5. The minimum absolute atomic E-state index is 0.170. The predicted molar refractivity (Wildman–Crippen MR) is 77.3 cm³/mol. The van der Waals surface area contributed by atoms with Crippen molar-refractivity contribution in [2.45, 2.75) is 6.42 Å². The Morgan fingerprint density at radius 3 is 2.59 bits per heavy atom. The number of nitrogens with zero attached hydrogens (tertiary/aromatic N) is 2. The van der Waals surface area contributed by atoms with Crippen LogP contribution in [0.3, 0.4) is 0 Å². The molecular weight excluding hydrogens is 288 g/mol. The molecule has 1 aromatic carbocycles. The normalized spacial score (nSPS) is 14.5. The zero-order chi connectivity index (χ0) is 15.5. The Morgan fingerprint density at radius 1 is 1.18 bits per heavy atom. The van der Waals surface area contributed by atoms with Crippen LogP contribution in [0.4, 0.5) is 8.78 Å². The van der Waals surface area contributed by atoms with Crippen LogP contribution < -0.4 is 5.32 Å². The highest BCUT2D eigenvalue weighted by atomic mass is 19.1. The van der Waals surface area contributed by atoms with Gasteiger partial charge in [-0.05, 0) is 30.7 Å². The largest absolute Gasteiger partial charge is 0.313 e. The van der Waals surface area contributed by atoms with E-state index in [0.717, 1.165) is 37.2 Å². The average Bonchev–Trinajstić information content (AvgIpc) is 2.55. The zero-order valence-electron chi connectivity index (χ0n) is 11.6. The second-order valence-electron chi connectivity index (χ2n) is 4.93. The Labute approximate surface area is 125 Å². The van der Waals surface area contributed by atoms with Crippen molar-refractivity contribution in [1.29, 1.82) is 0 Å². The maximum absolute atomic E-state index is 13.6. The van der Waals surface area contributed by atoms with Crippen LogP contribution in [0.1, 0.15) is 28.2 Å². The summed E-state index contributed by atoms with van der Waals surface area (Å²) in [7, 11) is 0. The van der Waals surface area contributed by atoms with Crippen molar-refractivity contribution in [3.63, 3.8) is 0 Å². The van der Waals surface area contributed by atoms with E-state index in [9.17, 15) is 13.6 Å². The van der Waals surface area contributed by atoms with Crippen molar-refractivity contribution in [2.24, 2.45) is 0 Å². The molecule has 1 N–H and O–H groups in total. The van der Waals surface area contributed by atoms with Gasteiger partial charge in [-0.3, -0.25) is 4.79 Å². The fourth-order valence-corrected chi connectivity index (χ4v) is 2.27. The molecule has 0 radical (unpaired) electrons. The summed E-state index contributed by atoms with van der Waals surface area (Å²) in [6.07, 6.45) is 5.56. The first kappa shape index (κ1) is 14.5. The van der Waals surface area contributed by atoms with Crippen LogP contribution in [0.2, 0.25) is 0 Å². The minimum Gasteiger partial charge on any atom is -0.313 e. The first-order valence-electron chi connectivity index (χ1n) is 6.87. The van der Waals surface area contributed by atoms with Crippen LogP contribution in [-0.4, -0.2) is 28.8 Å². The molecule has 0 bridgehead atoms. The molecular formula is C16H13F2N3O. The van der Waals surface area contributed by atoms with Gasteiger partial charge in [0.15, 0.2) is 11.6 Å². The molecule has 2 heterocycles. The van der Waals surface area contributed by atoms with Crippen molar-refractivity contribution in [2.75, 3.05) is 13.1 Å². The maximum Gasteiger partial charge on any atom is 0.199 e. The molecule has 2 aromatic rings. The molecule has 0 atom stereocenters. The summed E-state index contributed by atoms with van der Waals surface area (Å²) >= 11 is 0. The highest BCUT2D eigenvalue weighted by molar-refractivity contribution is 6.08. The molecule has 1 aromatic heterocycles. The number of carbonyl (C=O) groups is 1. The van der Waals surface area contributed by atoms with E-state index in [2.05, 4.69) is 15.3 Å². The smallest absolute Gasteiger partial charge is 0.199 e. The quantitative estimate of drug-likeness (QED) is 0.884. The number of nitrogens with one attached hydrogen (secondary N) is 1. The van der Waals surface area contributed by atoms with Gasteiger partial charge < -0.3 is 5.32 Å². The SMILES string of the molecule is O=C(c1cnc(C2=CCNCC2)nc1)c1ccc(F)cc1F. The number of aromatic nitrogens is 2. The van der Waals surface area contributed by atoms with Crippen molar-refractivity contribution in [3.8, 4) is 0 Å². The fraction of sp³-hybridized carbons (Fsp3) is 0.188. The molecule has 0 unspecified atom stereocenters. The van der Waals surface area contributed by atoms with Crippen LogP contribution in [0.15, 0.2) is 36.7 Å². The van der Waals surface area contributed by atoms with Gasteiger partial charge in [0.05, 0.1) is 11.1 Å². The molecule has 1 aliphatic rings. The van der Waals surface area contributed by atoms with Crippen LogP contribution in [0.25, 0.3) is 5.57 Å². The first-order valence-corrected chi connectivity index (χ1v) is 6.87. The summed E-state index contributed by atoms with van der Waals surface area (Å²) in [5.74, 6) is -1.62. The lowest BCUT2D eigenvalue weighted by molar-refractivity contribution is 0.103. The number of halogens is 2. The number of benzene rings is 1. The average molecular weight is 301 g/mol. The molecule has 6 heteroatoms. The second kappa shape index (κ2) is 6.11. The van der Waals surface area contributed by atoms with E-state index in [1.54, 1.807) is 0 Å². The lowest BCUT2D eigenvalue weighted by atomic mass is 10.0. The lowest BCUT2D eigenvalue weighted by Crippen LogP contribution is -2.20. The van der Waals surface area contributed by atoms with E-state index in [4.69, 9.17) is 0 Å². The van der Waals surface area contributed by atoms with Crippen molar-refractivity contribution in [3.05, 3.63) is 65.3 Å². The number of rotatable bonds is 3. The zero-order valence-corrected chi connectivity index (χ0v) is 11.6. The van der Waals surface area contributed by atoms with Crippen LogP contribution >= 0.6 is 0 Å². The Balaban J connectivity index is 1.86. The van der Waals surface area contributed by atoms with E-state index in [1.165, 1.54) is 12.4 Å². The molecule has 4 nitrogen and oxygen atoms in total. The third kappa shape index (κ3) is 2.92. The molecule has 0 saturated heterocycles. The Kier molecular flexibility index (Phi) is 4.02. The van der Waals surface area contributed by atoms with Crippen LogP contribution in [-0.2, 0) is 0 Å². The Morgan fingerprint density at radius 2 is 1.95 bits per heavy atom. The summed E-state index contributed by atoms with van der Waals surface area (Å²) in [6.45, 7) is 1.62. The van der Waals surface area contributed by atoms with Gasteiger partial charge in [0, 0.05) is 25.0 Å². The van der Waals surface area contributed by atoms with Gasteiger partial charge in [0.1, 0.15) is 11.6 Å². The lowest BCUT2D eigenvalue weighted by Gasteiger charge is -2.12. The molecule has 0 aliphatic carbocycles. The summed E-state index contributed by atoms with van der Waals surface area (Å²) in [6, 6.07) is 2.85. The van der Waals surface area contributed by atoms with Gasteiger partial charge in [-0.15, -0.1) is 0 Å². The Hall–Kier alpha value is -2.47. The molecule has 22 heavy (non-hydrogen) atoms. The summed E-state index contributed by atoms with van der Waals surface area (Å²) < 4.78 is 26.5. The van der Waals surface area contributed by atoms with E-state index >= 15 is 0 Å². The van der Waals surface area contributed by atoms with Gasteiger partial charge in [-0.2, -0.15) is 0 Å².